The lowest BCUT2D eigenvalue weighted by molar-refractivity contribution is -0.139. The number of halogens is 5. The molecule has 2 atom stereocenters. The molecular formula is C26H30F5N7O. The van der Waals surface area contributed by atoms with E-state index < -0.39 is 29.6 Å². The lowest BCUT2D eigenvalue weighted by atomic mass is 9.94. The highest BCUT2D eigenvalue weighted by atomic mass is 19.4. The number of alkyl halides is 4. The van der Waals surface area contributed by atoms with E-state index in [2.05, 4.69) is 25.3 Å². The van der Waals surface area contributed by atoms with Crippen molar-refractivity contribution in [1.29, 1.82) is 0 Å². The molecule has 4 heterocycles. The lowest BCUT2D eigenvalue weighted by Crippen LogP contribution is -2.45. The zero-order valence-corrected chi connectivity index (χ0v) is 21.5. The first-order valence-corrected chi connectivity index (χ1v) is 13.0. The lowest BCUT2D eigenvalue weighted by Gasteiger charge is -2.35. The Morgan fingerprint density at radius 2 is 1.97 bits per heavy atom. The molecule has 2 aliphatic rings. The minimum Gasteiger partial charge on any atom is -0.488 e. The van der Waals surface area contributed by atoms with Crippen LogP contribution in [0.1, 0.15) is 37.1 Å². The van der Waals surface area contributed by atoms with Crippen LogP contribution in [0.5, 0.6) is 5.75 Å². The third-order valence-electron chi connectivity index (χ3n) is 7.10. The molecule has 0 spiro atoms. The number of nitrogens with one attached hydrogen (secondary N) is 1. The predicted octanol–water partition coefficient (Wildman–Crippen LogP) is 4.76. The van der Waals surface area contributed by atoms with Crippen LogP contribution in [0.15, 0.2) is 36.9 Å². The monoisotopic (exact) mass is 551 g/mol. The van der Waals surface area contributed by atoms with Gasteiger partial charge in [-0.2, -0.15) is 13.2 Å². The molecule has 0 amide bonds. The second kappa shape index (κ2) is 11.4. The summed E-state index contributed by atoms with van der Waals surface area (Å²) in [6.45, 7) is 6.00. The van der Waals surface area contributed by atoms with Crippen LogP contribution < -0.4 is 10.2 Å². The highest BCUT2D eigenvalue weighted by molar-refractivity contribution is 5.60. The van der Waals surface area contributed by atoms with Crippen molar-refractivity contribution in [1.82, 2.24) is 29.4 Å². The smallest absolute Gasteiger partial charge is 0.419 e. The van der Waals surface area contributed by atoms with Crippen LogP contribution in [0.3, 0.4) is 0 Å². The molecule has 0 saturated carbocycles. The van der Waals surface area contributed by atoms with Crippen molar-refractivity contribution in [2.24, 2.45) is 0 Å². The number of benzene rings is 1. The van der Waals surface area contributed by atoms with Gasteiger partial charge in [0, 0.05) is 31.4 Å². The van der Waals surface area contributed by atoms with Crippen LogP contribution in [0.25, 0.3) is 11.3 Å². The Bertz CT molecular complexity index is 1280. The molecule has 39 heavy (non-hydrogen) atoms. The first kappa shape index (κ1) is 27.3. The van der Waals surface area contributed by atoms with Gasteiger partial charge in [-0.05, 0) is 51.1 Å². The molecule has 0 bridgehead atoms. The van der Waals surface area contributed by atoms with Gasteiger partial charge in [0.1, 0.15) is 24.1 Å². The van der Waals surface area contributed by atoms with Gasteiger partial charge in [0.25, 0.3) is 0 Å². The largest absolute Gasteiger partial charge is 0.488 e. The van der Waals surface area contributed by atoms with E-state index in [1.54, 1.807) is 11.2 Å². The fourth-order valence-corrected chi connectivity index (χ4v) is 4.91. The van der Waals surface area contributed by atoms with Gasteiger partial charge in [0.05, 0.1) is 36.5 Å². The van der Waals surface area contributed by atoms with Crippen LogP contribution in [-0.4, -0.2) is 74.9 Å². The standard InChI is InChI=1S/C26H30F5N7O/c1-2-39-23-13-32-16-33-24(23)35-38-9-6-18(21(28)14-38)25-34-22(15-37(25)11-10-36-7-3-8-36)17-4-5-20(27)19(12-17)26(29,30)31/h4-5,12-13,15-16,18,21H,2-3,6-11,14H2,1H3,(H,32,33,35)/t18?,21-/m1/s1. The Hall–Kier alpha value is -3.32. The summed E-state index contributed by atoms with van der Waals surface area (Å²) in [7, 11) is 0. The molecule has 2 aliphatic heterocycles. The van der Waals surface area contributed by atoms with Crippen LogP contribution in [-0.2, 0) is 12.7 Å². The quantitative estimate of drug-likeness (QED) is 0.385. The van der Waals surface area contributed by atoms with Crippen molar-refractivity contribution in [2.75, 3.05) is 44.8 Å². The summed E-state index contributed by atoms with van der Waals surface area (Å²) in [5.41, 5.74) is 2.15. The summed E-state index contributed by atoms with van der Waals surface area (Å²) in [5.74, 6) is -0.530. The van der Waals surface area contributed by atoms with Gasteiger partial charge in [-0.3, -0.25) is 5.43 Å². The van der Waals surface area contributed by atoms with Crippen LogP contribution in [0.4, 0.5) is 27.8 Å². The molecule has 1 unspecified atom stereocenters. The number of hydrogen-bond donors (Lipinski definition) is 1. The van der Waals surface area contributed by atoms with Crippen molar-refractivity contribution < 1.29 is 26.7 Å². The molecule has 2 fully saturated rings. The minimum absolute atomic E-state index is 0.0450. The van der Waals surface area contributed by atoms with Gasteiger partial charge in [0.15, 0.2) is 11.6 Å². The van der Waals surface area contributed by atoms with Gasteiger partial charge in [-0.15, -0.1) is 0 Å². The van der Waals surface area contributed by atoms with E-state index >= 15 is 4.39 Å². The fourth-order valence-electron chi connectivity index (χ4n) is 4.91. The Morgan fingerprint density at radius 1 is 1.15 bits per heavy atom. The summed E-state index contributed by atoms with van der Waals surface area (Å²) in [6, 6.07) is 2.83. The zero-order chi connectivity index (χ0) is 27.6. The second-order valence-electron chi connectivity index (χ2n) is 9.70. The average molecular weight is 552 g/mol. The zero-order valence-electron chi connectivity index (χ0n) is 21.5. The van der Waals surface area contributed by atoms with Gasteiger partial charge in [-0.25, -0.2) is 28.7 Å². The molecule has 2 aromatic heterocycles. The summed E-state index contributed by atoms with van der Waals surface area (Å²) in [4.78, 5) is 15.0. The molecule has 1 N–H and O–H groups in total. The predicted molar refractivity (Wildman–Crippen MR) is 134 cm³/mol. The molecule has 5 rings (SSSR count). The highest BCUT2D eigenvalue weighted by Crippen LogP contribution is 2.36. The highest BCUT2D eigenvalue weighted by Gasteiger charge is 2.36. The number of piperidine rings is 1. The van der Waals surface area contributed by atoms with Gasteiger partial charge < -0.3 is 14.2 Å². The van der Waals surface area contributed by atoms with E-state index in [0.717, 1.165) is 38.2 Å². The van der Waals surface area contributed by atoms with Gasteiger partial charge in [-0.1, -0.05) is 0 Å². The van der Waals surface area contributed by atoms with E-state index in [1.165, 1.54) is 18.6 Å². The maximum atomic E-state index is 15.7. The molecule has 2 saturated heterocycles. The van der Waals surface area contributed by atoms with Crippen molar-refractivity contribution in [3.05, 3.63) is 54.1 Å². The van der Waals surface area contributed by atoms with Crippen molar-refractivity contribution in [3.8, 4) is 17.0 Å². The maximum Gasteiger partial charge on any atom is 0.419 e. The Kier molecular flexibility index (Phi) is 7.98. The summed E-state index contributed by atoms with van der Waals surface area (Å²) in [6.07, 6.45) is -0.0443. The third kappa shape index (κ3) is 6.14. The number of hydrazine groups is 1. The molecule has 1 aromatic carbocycles. The number of rotatable bonds is 9. The van der Waals surface area contributed by atoms with Crippen LogP contribution in [0.2, 0.25) is 0 Å². The Balaban J connectivity index is 1.37. The number of ether oxygens (including phenoxy) is 1. The molecule has 210 valence electrons. The van der Waals surface area contributed by atoms with Crippen LogP contribution in [0, 0.1) is 5.82 Å². The van der Waals surface area contributed by atoms with E-state index in [1.807, 2.05) is 11.5 Å². The van der Waals surface area contributed by atoms with Gasteiger partial charge >= 0.3 is 6.18 Å². The fraction of sp³-hybridized carbons (Fsp3) is 0.500. The van der Waals surface area contributed by atoms with Crippen molar-refractivity contribution in [2.45, 2.75) is 44.6 Å². The molecule has 8 nitrogen and oxygen atoms in total. The van der Waals surface area contributed by atoms with E-state index in [9.17, 15) is 17.6 Å². The maximum absolute atomic E-state index is 15.7. The normalized spacial score (nSPS) is 20.6. The summed E-state index contributed by atoms with van der Waals surface area (Å²) >= 11 is 0. The second-order valence-corrected chi connectivity index (χ2v) is 9.70. The number of likely N-dealkylation sites (tertiary alicyclic amines) is 1. The average Bonchev–Trinajstić information content (AvgIpc) is 3.28. The Morgan fingerprint density at radius 3 is 2.67 bits per heavy atom. The van der Waals surface area contributed by atoms with E-state index in [0.29, 0.717) is 43.5 Å². The molecule has 3 aromatic rings. The SMILES string of the molecule is CCOc1cncnc1NN1CCC(c2nc(-c3ccc(F)c(C(F)(F)F)c3)cn2CCN2CCC2)[C@H](F)C1. The molecular weight excluding hydrogens is 521 g/mol. The number of aromatic nitrogens is 4. The topological polar surface area (TPSA) is 71.3 Å². The molecule has 0 aliphatic carbocycles. The van der Waals surface area contributed by atoms with E-state index in [4.69, 9.17) is 4.74 Å². The Labute approximate surface area is 222 Å². The molecule has 13 heteroatoms. The van der Waals surface area contributed by atoms with Crippen molar-refractivity contribution >= 4 is 5.82 Å². The number of imidazole rings is 1. The number of nitrogens with zero attached hydrogens (tertiary/aromatic N) is 6. The van der Waals surface area contributed by atoms with Crippen molar-refractivity contribution in [3.63, 3.8) is 0 Å². The van der Waals surface area contributed by atoms with Crippen LogP contribution >= 0.6 is 0 Å². The van der Waals surface area contributed by atoms with Gasteiger partial charge in [0.2, 0.25) is 0 Å². The first-order valence-electron chi connectivity index (χ1n) is 13.0. The summed E-state index contributed by atoms with van der Waals surface area (Å²) in [5, 5.41) is 1.72. The van der Waals surface area contributed by atoms with E-state index in [-0.39, 0.29) is 17.8 Å². The number of anilines is 1. The first-order chi connectivity index (χ1) is 18.7. The summed E-state index contributed by atoms with van der Waals surface area (Å²) < 4.78 is 77.0. The minimum atomic E-state index is -4.83. The number of hydrogen-bond acceptors (Lipinski definition) is 7. The molecule has 0 radical (unpaired) electrons. The third-order valence-corrected chi connectivity index (χ3v) is 7.10.